The number of rotatable bonds is 4. The molecule has 3 N–H and O–H groups in total. The largest absolute Gasteiger partial charge is 0.326 e. The molecule has 21 heavy (non-hydrogen) atoms. The van der Waals surface area contributed by atoms with Gasteiger partial charge in [-0.15, -0.1) is 0 Å². The van der Waals surface area contributed by atoms with Crippen molar-refractivity contribution in [2.45, 2.75) is 11.3 Å². The van der Waals surface area contributed by atoms with Crippen molar-refractivity contribution in [2.24, 2.45) is 5.14 Å². The van der Waals surface area contributed by atoms with Gasteiger partial charge in [0.25, 0.3) is 0 Å². The highest BCUT2D eigenvalue weighted by atomic mass is 127. The van der Waals surface area contributed by atoms with Crippen LogP contribution in [0.3, 0.4) is 0 Å². The molecule has 2 aromatic rings. The number of benzene rings is 2. The first-order valence-electron chi connectivity index (χ1n) is 6.02. The third-order valence-electron chi connectivity index (χ3n) is 2.72. The van der Waals surface area contributed by atoms with Gasteiger partial charge in [0.2, 0.25) is 15.9 Å². The minimum Gasteiger partial charge on any atom is -0.326 e. The van der Waals surface area contributed by atoms with E-state index < -0.39 is 10.0 Å². The molecule has 0 aliphatic heterocycles. The van der Waals surface area contributed by atoms with Crippen molar-refractivity contribution < 1.29 is 13.2 Å². The Hall–Kier alpha value is -1.45. The summed E-state index contributed by atoms with van der Waals surface area (Å²) >= 11 is 2.17. The van der Waals surface area contributed by atoms with E-state index >= 15 is 0 Å². The Kier molecular flexibility index (Phi) is 4.96. The van der Waals surface area contributed by atoms with Gasteiger partial charge in [0, 0.05) is 9.26 Å². The molecule has 0 aromatic heterocycles. The normalized spacial score (nSPS) is 11.1. The monoisotopic (exact) mass is 416 g/mol. The van der Waals surface area contributed by atoms with Gasteiger partial charge in [0.15, 0.2) is 0 Å². The van der Waals surface area contributed by atoms with Crippen LogP contribution in [-0.2, 0) is 21.2 Å². The van der Waals surface area contributed by atoms with Crippen molar-refractivity contribution in [1.82, 2.24) is 0 Å². The Balaban J connectivity index is 2.03. The lowest BCUT2D eigenvalue weighted by Gasteiger charge is -2.06. The van der Waals surface area contributed by atoms with E-state index in [4.69, 9.17) is 5.14 Å². The number of sulfonamides is 1. The smallest absolute Gasteiger partial charge is 0.238 e. The first-order chi connectivity index (χ1) is 9.84. The molecule has 0 heterocycles. The minimum absolute atomic E-state index is 0.0317. The molecule has 0 spiro atoms. The summed E-state index contributed by atoms with van der Waals surface area (Å²) in [6, 6.07) is 13.4. The second kappa shape index (κ2) is 6.54. The summed E-state index contributed by atoms with van der Waals surface area (Å²) in [5.41, 5.74) is 1.44. The summed E-state index contributed by atoms with van der Waals surface area (Å²) in [6.07, 6.45) is 0.163. The van der Waals surface area contributed by atoms with E-state index in [1.807, 2.05) is 24.3 Å². The average Bonchev–Trinajstić information content (AvgIpc) is 2.38. The molecular formula is C14H13IN2O3S. The number of carbonyl (C=O) groups excluding carboxylic acids is 1. The van der Waals surface area contributed by atoms with Gasteiger partial charge in [-0.05, 0) is 58.5 Å². The van der Waals surface area contributed by atoms with Gasteiger partial charge in [0.1, 0.15) is 0 Å². The molecule has 0 atom stereocenters. The highest BCUT2D eigenvalue weighted by Crippen LogP contribution is 2.14. The maximum Gasteiger partial charge on any atom is 0.238 e. The molecule has 7 heteroatoms. The Morgan fingerprint density at radius 3 is 2.38 bits per heavy atom. The Morgan fingerprint density at radius 1 is 1.14 bits per heavy atom. The van der Waals surface area contributed by atoms with E-state index in [-0.39, 0.29) is 17.2 Å². The molecule has 0 saturated heterocycles. The van der Waals surface area contributed by atoms with Crippen LogP contribution in [0.2, 0.25) is 0 Å². The molecule has 1 amide bonds. The second-order valence-corrected chi connectivity index (χ2v) is 7.23. The highest BCUT2D eigenvalue weighted by molar-refractivity contribution is 14.1. The fourth-order valence-corrected chi connectivity index (χ4v) is 2.81. The van der Waals surface area contributed by atoms with Crippen molar-refractivity contribution in [3.63, 3.8) is 0 Å². The van der Waals surface area contributed by atoms with E-state index in [1.165, 1.54) is 12.1 Å². The summed E-state index contributed by atoms with van der Waals surface area (Å²) in [5, 5.41) is 7.81. The fraction of sp³-hybridized carbons (Fsp3) is 0.0714. The third-order valence-corrected chi connectivity index (χ3v) is 4.33. The van der Waals surface area contributed by atoms with E-state index in [9.17, 15) is 13.2 Å². The number of primary sulfonamides is 1. The van der Waals surface area contributed by atoms with Crippen molar-refractivity contribution in [2.75, 3.05) is 5.32 Å². The number of hydrogen-bond acceptors (Lipinski definition) is 3. The van der Waals surface area contributed by atoms with Crippen LogP contribution in [0.5, 0.6) is 0 Å². The summed E-state index contributed by atoms with van der Waals surface area (Å²) in [5.74, 6) is -0.166. The van der Waals surface area contributed by atoms with Crippen LogP contribution in [0, 0.1) is 3.57 Å². The number of nitrogens with two attached hydrogens (primary N) is 1. The Bertz CT molecular complexity index is 758. The van der Waals surface area contributed by atoms with Gasteiger partial charge in [-0.1, -0.05) is 18.2 Å². The van der Waals surface area contributed by atoms with Gasteiger partial charge in [-0.2, -0.15) is 0 Å². The maximum absolute atomic E-state index is 11.9. The molecule has 0 unspecified atom stereocenters. The predicted octanol–water partition coefficient (Wildman–Crippen LogP) is 2.12. The Labute approximate surface area is 136 Å². The number of halogens is 1. The minimum atomic E-state index is -3.70. The summed E-state index contributed by atoms with van der Waals surface area (Å²) in [7, 11) is -3.70. The average molecular weight is 416 g/mol. The lowest BCUT2D eigenvalue weighted by atomic mass is 10.1. The van der Waals surface area contributed by atoms with Crippen LogP contribution in [-0.4, -0.2) is 14.3 Å². The molecule has 0 fully saturated rings. The van der Waals surface area contributed by atoms with Gasteiger partial charge in [0.05, 0.1) is 11.3 Å². The van der Waals surface area contributed by atoms with Crippen molar-refractivity contribution in [3.8, 4) is 0 Å². The van der Waals surface area contributed by atoms with Crippen molar-refractivity contribution in [1.29, 1.82) is 0 Å². The quantitative estimate of drug-likeness (QED) is 0.749. The SMILES string of the molecule is NS(=O)(=O)c1ccc(CC(=O)Nc2cccc(I)c2)cc1. The number of nitrogens with one attached hydrogen (secondary N) is 1. The molecule has 0 aliphatic rings. The van der Waals surface area contributed by atoms with E-state index in [0.29, 0.717) is 5.56 Å². The highest BCUT2D eigenvalue weighted by Gasteiger charge is 2.09. The van der Waals surface area contributed by atoms with Crippen LogP contribution in [0.4, 0.5) is 5.69 Å². The first-order valence-corrected chi connectivity index (χ1v) is 8.64. The van der Waals surface area contributed by atoms with Crippen LogP contribution in [0.15, 0.2) is 53.4 Å². The fourth-order valence-electron chi connectivity index (χ4n) is 1.75. The first kappa shape index (κ1) is 15.9. The van der Waals surface area contributed by atoms with Crippen LogP contribution in [0.1, 0.15) is 5.56 Å². The molecule has 0 saturated carbocycles. The molecular weight excluding hydrogens is 403 g/mol. The van der Waals surface area contributed by atoms with Crippen LogP contribution >= 0.6 is 22.6 Å². The summed E-state index contributed by atoms with van der Waals surface area (Å²) in [6.45, 7) is 0. The van der Waals surface area contributed by atoms with E-state index in [1.54, 1.807) is 12.1 Å². The molecule has 0 aliphatic carbocycles. The zero-order valence-corrected chi connectivity index (χ0v) is 13.9. The lowest BCUT2D eigenvalue weighted by molar-refractivity contribution is -0.115. The Morgan fingerprint density at radius 2 is 1.81 bits per heavy atom. The van der Waals surface area contributed by atoms with E-state index in [2.05, 4.69) is 27.9 Å². The van der Waals surface area contributed by atoms with Crippen LogP contribution < -0.4 is 10.5 Å². The van der Waals surface area contributed by atoms with Gasteiger partial charge in [-0.25, -0.2) is 13.6 Å². The maximum atomic E-state index is 11.9. The molecule has 2 aromatic carbocycles. The standard InChI is InChI=1S/C14H13IN2O3S/c15-11-2-1-3-12(9-11)17-14(18)8-10-4-6-13(7-5-10)21(16,19)20/h1-7,9H,8H2,(H,17,18)(H2,16,19,20). The zero-order valence-electron chi connectivity index (χ0n) is 10.9. The number of amides is 1. The van der Waals surface area contributed by atoms with E-state index in [0.717, 1.165) is 9.26 Å². The zero-order chi connectivity index (χ0) is 15.5. The number of anilines is 1. The van der Waals surface area contributed by atoms with Gasteiger partial charge in [-0.3, -0.25) is 4.79 Å². The van der Waals surface area contributed by atoms with Crippen molar-refractivity contribution >= 4 is 44.2 Å². The molecule has 5 nitrogen and oxygen atoms in total. The number of hydrogen-bond donors (Lipinski definition) is 2. The summed E-state index contributed by atoms with van der Waals surface area (Å²) < 4.78 is 23.3. The molecule has 0 bridgehead atoms. The molecule has 110 valence electrons. The lowest BCUT2D eigenvalue weighted by Crippen LogP contribution is -2.15. The van der Waals surface area contributed by atoms with Crippen LogP contribution in [0.25, 0.3) is 0 Å². The summed E-state index contributed by atoms with van der Waals surface area (Å²) in [4.78, 5) is 12.0. The molecule has 2 rings (SSSR count). The van der Waals surface area contributed by atoms with Crippen molar-refractivity contribution in [3.05, 3.63) is 57.7 Å². The second-order valence-electron chi connectivity index (χ2n) is 4.42. The van der Waals surface area contributed by atoms with Gasteiger partial charge < -0.3 is 5.32 Å². The third kappa shape index (κ3) is 4.80. The molecule has 0 radical (unpaired) electrons. The topological polar surface area (TPSA) is 89.3 Å². The van der Waals surface area contributed by atoms with Gasteiger partial charge >= 0.3 is 0 Å². The predicted molar refractivity (Wildman–Crippen MR) is 89.3 cm³/mol. The number of carbonyl (C=O) groups is 1.